The van der Waals surface area contributed by atoms with Crippen molar-refractivity contribution in [2.75, 3.05) is 0 Å². The number of carbonyl (C=O) groups is 1. The standard InChI is InChI=1S/C29H41NO2/c1-3-5-7-8-9-10-13-16-25-20-22-28(30-24-25)32-29(31)23-21-27(17-12-6-4-2)26-18-14-11-15-19-26/h11,14-15,18-24,27H,3-10,12-13,16-17H2,1-2H3/b23-21+. The normalized spacial score (nSPS) is 12.2. The molecule has 0 saturated carbocycles. The monoisotopic (exact) mass is 435 g/mol. The molecule has 3 heteroatoms. The summed E-state index contributed by atoms with van der Waals surface area (Å²) in [4.78, 5) is 16.7. The third-order valence-corrected chi connectivity index (χ3v) is 5.88. The number of nitrogens with zero attached hydrogens (tertiary/aromatic N) is 1. The maximum Gasteiger partial charge on any atom is 0.337 e. The van der Waals surface area contributed by atoms with Crippen molar-refractivity contribution in [2.45, 2.75) is 96.8 Å². The highest BCUT2D eigenvalue weighted by molar-refractivity contribution is 5.83. The Kier molecular flexibility index (Phi) is 13.1. The molecular weight excluding hydrogens is 394 g/mol. The van der Waals surface area contributed by atoms with Crippen molar-refractivity contribution in [3.63, 3.8) is 0 Å². The molecular formula is C29H41NO2. The molecule has 2 aromatic rings. The maximum atomic E-state index is 12.3. The van der Waals surface area contributed by atoms with Crippen molar-refractivity contribution in [1.29, 1.82) is 0 Å². The van der Waals surface area contributed by atoms with E-state index >= 15 is 0 Å². The first-order valence-corrected chi connectivity index (χ1v) is 12.6. The Hall–Kier alpha value is -2.42. The predicted molar refractivity (Wildman–Crippen MR) is 134 cm³/mol. The molecule has 0 aliphatic rings. The highest BCUT2D eigenvalue weighted by atomic mass is 16.5. The van der Waals surface area contributed by atoms with E-state index in [1.165, 1.54) is 68.9 Å². The van der Waals surface area contributed by atoms with E-state index in [4.69, 9.17) is 4.74 Å². The zero-order valence-electron chi connectivity index (χ0n) is 20.1. The lowest BCUT2D eigenvalue weighted by Gasteiger charge is -2.13. The second-order valence-corrected chi connectivity index (χ2v) is 8.67. The Balaban J connectivity index is 1.78. The SMILES string of the molecule is CCCCCCCCCc1ccc(OC(=O)/C=C/C(CCCCC)c2ccccc2)nc1. The van der Waals surface area contributed by atoms with Crippen LogP contribution < -0.4 is 4.74 Å². The number of esters is 1. The highest BCUT2D eigenvalue weighted by Crippen LogP contribution is 2.24. The minimum atomic E-state index is -0.367. The van der Waals surface area contributed by atoms with E-state index in [1.807, 2.05) is 36.5 Å². The summed E-state index contributed by atoms with van der Waals surface area (Å²) in [5.41, 5.74) is 2.44. The quantitative estimate of drug-likeness (QED) is 0.151. The lowest BCUT2D eigenvalue weighted by atomic mass is 9.93. The van der Waals surface area contributed by atoms with E-state index in [0.717, 1.165) is 19.3 Å². The van der Waals surface area contributed by atoms with E-state index in [0.29, 0.717) is 5.88 Å². The van der Waals surface area contributed by atoms with E-state index in [9.17, 15) is 4.79 Å². The first kappa shape index (κ1) is 25.8. The molecule has 0 aliphatic heterocycles. The molecule has 1 unspecified atom stereocenters. The molecule has 2 rings (SSSR count). The smallest absolute Gasteiger partial charge is 0.337 e. The largest absolute Gasteiger partial charge is 0.404 e. The fraction of sp³-hybridized carbons (Fsp3) is 0.517. The number of aromatic nitrogens is 1. The van der Waals surface area contributed by atoms with Crippen LogP contribution in [0, 0.1) is 0 Å². The number of pyridine rings is 1. The lowest BCUT2D eigenvalue weighted by molar-refractivity contribution is -0.129. The number of ether oxygens (including phenoxy) is 1. The summed E-state index contributed by atoms with van der Waals surface area (Å²) in [7, 11) is 0. The molecule has 1 atom stereocenters. The molecule has 0 aliphatic carbocycles. The molecule has 0 saturated heterocycles. The van der Waals surface area contributed by atoms with Gasteiger partial charge in [0.25, 0.3) is 0 Å². The molecule has 0 bridgehead atoms. The Morgan fingerprint density at radius 3 is 2.25 bits per heavy atom. The molecule has 0 fully saturated rings. The molecule has 174 valence electrons. The number of carbonyl (C=O) groups excluding carboxylic acids is 1. The zero-order valence-corrected chi connectivity index (χ0v) is 20.1. The third-order valence-electron chi connectivity index (χ3n) is 5.88. The van der Waals surface area contributed by atoms with Gasteiger partial charge in [-0.05, 0) is 30.4 Å². The number of rotatable bonds is 16. The number of unbranched alkanes of at least 4 members (excludes halogenated alkanes) is 8. The van der Waals surface area contributed by atoms with Crippen LogP contribution in [0.1, 0.15) is 102 Å². The van der Waals surface area contributed by atoms with E-state index in [1.54, 1.807) is 12.1 Å². The first-order chi connectivity index (χ1) is 15.7. The average molecular weight is 436 g/mol. The second-order valence-electron chi connectivity index (χ2n) is 8.67. The molecule has 1 aromatic heterocycles. The van der Waals surface area contributed by atoms with Crippen molar-refractivity contribution < 1.29 is 9.53 Å². The van der Waals surface area contributed by atoms with E-state index in [2.05, 4.69) is 31.0 Å². The number of allylic oxidation sites excluding steroid dienone is 1. The van der Waals surface area contributed by atoms with E-state index < -0.39 is 0 Å². The van der Waals surface area contributed by atoms with Gasteiger partial charge in [-0.1, -0.05) is 114 Å². The Bertz CT molecular complexity index is 768. The topological polar surface area (TPSA) is 39.2 Å². The van der Waals surface area contributed by atoms with Gasteiger partial charge in [-0.3, -0.25) is 0 Å². The van der Waals surface area contributed by atoms with Crippen molar-refractivity contribution in [2.24, 2.45) is 0 Å². The summed E-state index contributed by atoms with van der Waals surface area (Å²) in [6, 6.07) is 14.2. The minimum absolute atomic E-state index is 0.229. The molecule has 0 amide bonds. The van der Waals surface area contributed by atoms with Crippen LogP contribution in [0.2, 0.25) is 0 Å². The molecule has 1 aromatic carbocycles. The third kappa shape index (κ3) is 10.7. The van der Waals surface area contributed by atoms with Gasteiger partial charge in [-0.2, -0.15) is 0 Å². The second kappa shape index (κ2) is 16.2. The van der Waals surface area contributed by atoms with Crippen LogP contribution in [-0.2, 0) is 11.2 Å². The van der Waals surface area contributed by atoms with Crippen molar-refractivity contribution >= 4 is 5.97 Å². The fourth-order valence-electron chi connectivity index (χ4n) is 3.93. The van der Waals surface area contributed by atoms with Crippen LogP contribution in [0.4, 0.5) is 0 Å². The molecule has 0 spiro atoms. The first-order valence-electron chi connectivity index (χ1n) is 12.6. The fourth-order valence-corrected chi connectivity index (χ4v) is 3.93. The number of hydrogen-bond donors (Lipinski definition) is 0. The van der Waals surface area contributed by atoms with Crippen LogP contribution in [0.15, 0.2) is 60.8 Å². The van der Waals surface area contributed by atoms with Gasteiger partial charge >= 0.3 is 5.97 Å². The summed E-state index contributed by atoms with van der Waals surface area (Å²) >= 11 is 0. The van der Waals surface area contributed by atoms with Crippen molar-refractivity contribution in [3.8, 4) is 5.88 Å². The maximum absolute atomic E-state index is 12.3. The van der Waals surface area contributed by atoms with Gasteiger partial charge in [0.15, 0.2) is 0 Å². The Morgan fingerprint density at radius 1 is 0.875 bits per heavy atom. The highest BCUT2D eigenvalue weighted by Gasteiger charge is 2.09. The van der Waals surface area contributed by atoms with Gasteiger partial charge in [0.2, 0.25) is 5.88 Å². The van der Waals surface area contributed by atoms with Crippen LogP contribution in [-0.4, -0.2) is 11.0 Å². The van der Waals surface area contributed by atoms with E-state index in [-0.39, 0.29) is 11.9 Å². The molecule has 0 N–H and O–H groups in total. The van der Waals surface area contributed by atoms with Gasteiger partial charge in [-0.15, -0.1) is 0 Å². The Morgan fingerprint density at radius 2 is 1.56 bits per heavy atom. The van der Waals surface area contributed by atoms with Crippen LogP contribution >= 0.6 is 0 Å². The van der Waals surface area contributed by atoms with Crippen LogP contribution in [0.3, 0.4) is 0 Å². The van der Waals surface area contributed by atoms with Gasteiger partial charge < -0.3 is 4.74 Å². The van der Waals surface area contributed by atoms with Crippen molar-refractivity contribution in [1.82, 2.24) is 4.98 Å². The summed E-state index contributed by atoms with van der Waals surface area (Å²) in [6.45, 7) is 4.46. The van der Waals surface area contributed by atoms with Gasteiger partial charge in [0.1, 0.15) is 0 Å². The average Bonchev–Trinajstić information content (AvgIpc) is 2.82. The van der Waals surface area contributed by atoms with Gasteiger partial charge in [0.05, 0.1) is 0 Å². The van der Waals surface area contributed by atoms with Gasteiger partial charge in [-0.25, -0.2) is 9.78 Å². The number of benzene rings is 1. The number of aryl methyl sites for hydroxylation is 1. The molecule has 32 heavy (non-hydrogen) atoms. The van der Waals surface area contributed by atoms with Crippen molar-refractivity contribution in [3.05, 3.63) is 71.9 Å². The molecule has 3 nitrogen and oxygen atoms in total. The molecule has 0 radical (unpaired) electrons. The lowest BCUT2D eigenvalue weighted by Crippen LogP contribution is -2.06. The van der Waals surface area contributed by atoms with Crippen LogP contribution in [0.25, 0.3) is 0 Å². The molecule has 1 heterocycles. The minimum Gasteiger partial charge on any atom is -0.404 e. The van der Waals surface area contributed by atoms with Gasteiger partial charge in [0, 0.05) is 24.3 Å². The summed E-state index contributed by atoms with van der Waals surface area (Å²) < 4.78 is 5.42. The summed E-state index contributed by atoms with van der Waals surface area (Å²) in [5.74, 6) is 0.228. The zero-order chi connectivity index (χ0) is 22.9. The summed E-state index contributed by atoms with van der Waals surface area (Å²) in [5, 5.41) is 0. The summed E-state index contributed by atoms with van der Waals surface area (Å²) in [6.07, 6.45) is 20.1. The number of hydrogen-bond acceptors (Lipinski definition) is 3. The predicted octanol–water partition coefficient (Wildman–Crippen LogP) is 8.20. The van der Waals surface area contributed by atoms with Crippen LogP contribution in [0.5, 0.6) is 5.88 Å². The Labute approximate surface area is 195 Å².